The van der Waals surface area contributed by atoms with Gasteiger partial charge in [0, 0.05) is 12.0 Å². The van der Waals surface area contributed by atoms with Crippen LogP contribution in [0, 0.1) is 11.3 Å². The molecule has 2 rings (SSSR count). The largest absolute Gasteiger partial charge is 0.496 e. The Hall–Kier alpha value is -2.56. The lowest BCUT2D eigenvalue weighted by atomic mass is 9.77. The Morgan fingerprint density at radius 3 is 2.58 bits per heavy atom. The van der Waals surface area contributed by atoms with E-state index in [9.17, 15) is 18.4 Å². The van der Waals surface area contributed by atoms with E-state index in [1.165, 1.54) is 24.4 Å². The third-order valence-corrected chi connectivity index (χ3v) is 3.80. The fourth-order valence-electron chi connectivity index (χ4n) is 2.67. The van der Waals surface area contributed by atoms with Crippen molar-refractivity contribution >= 4 is 0 Å². The molecule has 0 aliphatic rings. The van der Waals surface area contributed by atoms with Crippen LogP contribution >= 0.6 is 0 Å². The molecule has 5 nitrogen and oxygen atoms in total. The molecule has 0 aliphatic heterocycles. The summed E-state index contributed by atoms with van der Waals surface area (Å²) >= 11 is 0. The Bertz CT molecular complexity index is 694. The van der Waals surface area contributed by atoms with Crippen molar-refractivity contribution in [2.45, 2.75) is 37.4 Å². The highest BCUT2D eigenvalue weighted by molar-refractivity contribution is 5.43. The van der Waals surface area contributed by atoms with E-state index in [2.05, 4.69) is 16.2 Å². The molecule has 2 aromatic rings. The number of para-hydroxylation sites is 1. The molecule has 0 amide bonds. The summed E-state index contributed by atoms with van der Waals surface area (Å²) in [6, 6.07) is 9.06. The second kappa shape index (κ2) is 7.34. The summed E-state index contributed by atoms with van der Waals surface area (Å²) in [6.45, 7) is 0.0989. The molecule has 0 N–H and O–H groups in total. The van der Waals surface area contributed by atoms with Crippen molar-refractivity contribution in [3.05, 3.63) is 42.5 Å². The number of alkyl halides is 3. The molecule has 0 saturated heterocycles. The lowest BCUT2D eigenvalue weighted by molar-refractivity contribution is -0.136. The van der Waals surface area contributed by atoms with Gasteiger partial charge in [0.05, 0.1) is 19.7 Å². The van der Waals surface area contributed by atoms with E-state index in [-0.39, 0.29) is 19.4 Å². The molecule has 1 atom stereocenters. The molecule has 0 bridgehead atoms. The van der Waals surface area contributed by atoms with Gasteiger partial charge in [-0.2, -0.15) is 23.5 Å². The van der Waals surface area contributed by atoms with E-state index >= 15 is 0 Å². The molecule has 1 heterocycles. The number of methoxy groups -OCH3 is 1. The van der Waals surface area contributed by atoms with Gasteiger partial charge in [-0.05, 0) is 18.9 Å². The zero-order chi connectivity index (χ0) is 17.6. The summed E-state index contributed by atoms with van der Waals surface area (Å²) in [7, 11) is 1.46. The molecular weight excluding hydrogens is 321 g/mol. The summed E-state index contributed by atoms with van der Waals surface area (Å²) in [6.07, 6.45) is -2.57. The standard InChI is InChI=1S/C16H17F3N4O/c1-24-14-6-3-2-5-13(14)15(9-20,7-4-8-16(17,18)19)10-23-12-21-11-22-23/h2-3,5-6,11-12H,4,7-8,10H2,1H3. The molecule has 1 aromatic heterocycles. The van der Waals surface area contributed by atoms with Gasteiger partial charge in [0.2, 0.25) is 0 Å². The van der Waals surface area contributed by atoms with Crippen LogP contribution in [0.25, 0.3) is 0 Å². The second-order valence-electron chi connectivity index (χ2n) is 5.46. The summed E-state index contributed by atoms with van der Waals surface area (Å²) in [5.41, 5.74) is -0.640. The Morgan fingerprint density at radius 2 is 2.00 bits per heavy atom. The highest BCUT2D eigenvalue weighted by Crippen LogP contribution is 2.38. The Balaban J connectivity index is 2.37. The number of hydrogen-bond acceptors (Lipinski definition) is 4. The highest BCUT2D eigenvalue weighted by atomic mass is 19.4. The van der Waals surface area contributed by atoms with Gasteiger partial charge in [0.15, 0.2) is 0 Å². The van der Waals surface area contributed by atoms with E-state index in [0.29, 0.717) is 11.3 Å². The smallest absolute Gasteiger partial charge is 0.389 e. The minimum absolute atomic E-state index is 0.0310. The van der Waals surface area contributed by atoms with Crippen molar-refractivity contribution in [3.63, 3.8) is 0 Å². The fourth-order valence-corrected chi connectivity index (χ4v) is 2.67. The van der Waals surface area contributed by atoms with E-state index in [1.807, 2.05) is 0 Å². The number of aromatic nitrogens is 3. The second-order valence-corrected chi connectivity index (χ2v) is 5.46. The SMILES string of the molecule is COc1ccccc1C(C#N)(CCCC(F)(F)F)Cn1cncn1. The molecule has 1 aromatic carbocycles. The summed E-state index contributed by atoms with van der Waals surface area (Å²) in [5.74, 6) is 0.464. The van der Waals surface area contributed by atoms with Crippen molar-refractivity contribution in [1.29, 1.82) is 5.26 Å². The number of nitrogens with zero attached hydrogens (tertiary/aromatic N) is 4. The fraction of sp³-hybridized carbons (Fsp3) is 0.438. The number of ether oxygens (including phenoxy) is 1. The van der Waals surface area contributed by atoms with Crippen LogP contribution in [0.1, 0.15) is 24.8 Å². The first-order valence-electron chi connectivity index (χ1n) is 7.34. The van der Waals surface area contributed by atoms with Crippen LogP contribution in [-0.4, -0.2) is 28.1 Å². The van der Waals surface area contributed by atoms with Crippen LogP contribution in [0.2, 0.25) is 0 Å². The molecule has 8 heteroatoms. The van der Waals surface area contributed by atoms with Gasteiger partial charge in [-0.25, -0.2) is 4.98 Å². The summed E-state index contributed by atoms with van der Waals surface area (Å²) in [4.78, 5) is 3.83. The van der Waals surface area contributed by atoms with Gasteiger partial charge in [-0.1, -0.05) is 18.2 Å². The average molecular weight is 338 g/mol. The third kappa shape index (κ3) is 4.25. The molecule has 0 saturated carbocycles. The normalized spacial score (nSPS) is 14.0. The van der Waals surface area contributed by atoms with Gasteiger partial charge in [0.25, 0.3) is 0 Å². The van der Waals surface area contributed by atoms with Gasteiger partial charge in [-0.15, -0.1) is 0 Å². The number of halogens is 3. The lowest BCUT2D eigenvalue weighted by Gasteiger charge is -2.28. The quantitative estimate of drug-likeness (QED) is 0.775. The zero-order valence-corrected chi connectivity index (χ0v) is 13.1. The maximum atomic E-state index is 12.5. The van der Waals surface area contributed by atoms with Crippen LogP contribution in [0.15, 0.2) is 36.9 Å². The Kier molecular flexibility index (Phi) is 5.44. The van der Waals surface area contributed by atoms with E-state index < -0.39 is 18.0 Å². The number of benzene rings is 1. The highest BCUT2D eigenvalue weighted by Gasteiger charge is 2.37. The lowest BCUT2D eigenvalue weighted by Crippen LogP contribution is -2.31. The molecule has 0 aliphatic carbocycles. The molecule has 0 spiro atoms. The van der Waals surface area contributed by atoms with Crippen LogP contribution < -0.4 is 4.74 Å². The van der Waals surface area contributed by atoms with Crippen molar-refractivity contribution < 1.29 is 17.9 Å². The first-order valence-corrected chi connectivity index (χ1v) is 7.34. The van der Waals surface area contributed by atoms with E-state index in [4.69, 9.17) is 4.74 Å². The number of nitriles is 1. The summed E-state index contributed by atoms with van der Waals surface area (Å²) < 4.78 is 44.3. The van der Waals surface area contributed by atoms with Crippen molar-refractivity contribution in [1.82, 2.24) is 14.8 Å². The molecule has 0 radical (unpaired) electrons. The van der Waals surface area contributed by atoms with Gasteiger partial charge < -0.3 is 4.74 Å². The van der Waals surface area contributed by atoms with Crippen molar-refractivity contribution in [2.75, 3.05) is 7.11 Å². The molecule has 1 unspecified atom stereocenters. The van der Waals surface area contributed by atoms with Crippen LogP contribution in [-0.2, 0) is 12.0 Å². The van der Waals surface area contributed by atoms with Gasteiger partial charge in [0.1, 0.15) is 23.8 Å². The maximum absolute atomic E-state index is 12.5. The first kappa shape index (κ1) is 17.8. The summed E-state index contributed by atoms with van der Waals surface area (Å²) in [5, 5.41) is 13.8. The van der Waals surface area contributed by atoms with E-state index in [0.717, 1.165) is 0 Å². The zero-order valence-electron chi connectivity index (χ0n) is 13.1. The van der Waals surface area contributed by atoms with Crippen LogP contribution in [0.4, 0.5) is 13.2 Å². The van der Waals surface area contributed by atoms with Gasteiger partial charge in [-0.3, -0.25) is 4.68 Å². The molecule has 128 valence electrons. The van der Waals surface area contributed by atoms with Gasteiger partial charge >= 0.3 is 6.18 Å². The van der Waals surface area contributed by atoms with Crippen molar-refractivity contribution in [2.24, 2.45) is 0 Å². The first-order chi connectivity index (χ1) is 11.4. The maximum Gasteiger partial charge on any atom is 0.389 e. The third-order valence-electron chi connectivity index (χ3n) is 3.80. The minimum atomic E-state index is -4.25. The Morgan fingerprint density at radius 1 is 1.25 bits per heavy atom. The molecule has 24 heavy (non-hydrogen) atoms. The van der Waals surface area contributed by atoms with E-state index in [1.54, 1.807) is 24.3 Å². The molecular formula is C16H17F3N4O. The Labute approximate surface area is 137 Å². The molecule has 0 fully saturated rings. The monoisotopic (exact) mass is 338 g/mol. The predicted molar refractivity (Wildman–Crippen MR) is 80.2 cm³/mol. The van der Waals surface area contributed by atoms with Crippen LogP contribution in [0.5, 0.6) is 5.75 Å². The van der Waals surface area contributed by atoms with Crippen molar-refractivity contribution in [3.8, 4) is 11.8 Å². The average Bonchev–Trinajstić information content (AvgIpc) is 3.05. The number of hydrogen-bond donors (Lipinski definition) is 0. The topological polar surface area (TPSA) is 63.7 Å². The minimum Gasteiger partial charge on any atom is -0.496 e. The number of rotatable bonds is 7. The van der Waals surface area contributed by atoms with Crippen LogP contribution in [0.3, 0.4) is 0 Å². The predicted octanol–water partition coefficient (Wildman–Crippen LogP) is 3.48.